The summed E-state index contributed by atoms with van der Waals surface area (Å²) in [5, 5.41) is 0.907. The van der Waals surface area contributed by atoms with Crippen LogP contribution in [0.5, 0.6) is 5.88 Å². The van der Waals surface area contributed by atoms with Gasteiger partial charge in [-0.1, -0.05) is 6.07 Å². The number of anilines is 2. The first-order chi connectivity index (χ1) is 16.7. The lowest BCUT2D eigenvalue weighted by molar-refractivity contribution is 0.236. The predicted octanol–water partition coefficient (Wildman–Crippen LogP) is 3.68. The van der Waals surface area contributed by atoms with Crippen LogP contribution in [0.2, 0.25) is 0 Å². The monoisotopic (exact) mass is 461 g/mol. The molecule has 2 aromatic heterocycles. The minimum Gasteiger partial charge on any atom is -0.478 e. The maximum absolute atomic E-state index is 11.5. The Morgan fingerprint density at radius 2 is 1.79 bits per heavy atom. The van der Waals surface area contributed by atoms with E-state index in [2.05, 4.69) is 49.8 Å². The van der Waals surface area contributed by atoms with Crippen LogP contribution in [0.4, 0.5) is 11.4 Å². The van der Waals surface area contributed by atoms with Crippen LogP contribution >= 0.6 is 0 Å². The summed E-state index contributed by atoms with van der Waals surface area (Å²) < 4.78 is 5.83. The molecule has 1 saturated heterocycles. The zero-order chi connectivity index (χ0) is 23.3. The number of hydrogen-bond donors (Lipinski definition) is 1. The van der Waals surface area contributed by atoms with Crippen molar-refractivity contribution in [2.45, 2.75) is 32.6 Å². The van der Waals surface area contributed by atoms with Crippen LogP contribution in [0.3, 0.4) is 0 Å². The summed E-state index contributed by atoms with van der Waals surface area (Å²) in [4.78, 5) is 26.3. The first-order valence-corrected chi connectivity index (χ1v) is 12.7. The van der Waals surface area contributed by atoms with Gasteiger partial charge in [0.05, 0.1) is 6.61 Å². The molecule has 0 bridgehead atoms. The van der Waals surface area contributed by atoms with Crippen LogP contribution in [-0.2, 0) is 6.42 Å². The summed E-state index contributed by atoms with van der Waals surface area (Å²) >= 11 is 0. The minimum absolute atomic E-state index is 0.146. The normalized spacial score (nSPS) is 16.6. The van der Waals surface area contributed by atoms with Crippen LogP contribution in [0.25, 0.3) is 11.0 Å². The summed E-state index contributed by atoms with van der Waals surface area (Å²) in [5.74, 6) is 0.566. The fraction of sp³-hybridized carbons (Fsp3) is 0.481. The highest BCUT2D eigenvalue weighted by Gasteiger charge is 2.23. The van der Waals surface area contributed by atoms with E-state index < -0.39 is 0 Å². The average molecular weight is 462 g/mol. The summed E-state index contributed by atoms with van der Waals surface area (Å²) in [6, 6.07) is 13.9. The number of H-pyrrole nitrogens is 1. The number of nitrogens with one attached hydrogen (secondary N) is 1. The number of aromatic amines is 1. The SMILES string of the molecule is CCN1CCCc2c1cccc2N1CCN(CCCCOc2ccc3ccc(=O)[nH]c3n2)CC1. The number of aromatic nitrogens is 2. The van der Waals surface area contributed by atoms with E-state index in [-0.39, 0.29) is 5.56 Å². The molecule has 2 aliphatic rings. The van der Waals surface area contributed by atoms with Gasteiger partial charge in [0.15, 0.2) is 0 Å². The second-order valence-electron chi connectivity index (χ2n) is 9.25. The highest BCUT2D eigenvalue weighted by atomic mass is 16.5. The van der Waals surface area contributed by atoms with Gasteiger partial charge in [0.1, 0.15) is 5.65 Å². The van der Waals surface area contributed by atoms with Crippen molar-refractivity contribution in [2.24, 2.45) is 0 Å². The second-order valence-corrected chi connectivity index (χ2v) is 9.25. The molecular formula is C27H35N5O2. The minimum atomic E-state index is -0.146. The highest BCUT2D eigenvalue weighted by Crippen LogP contribution is 2.35. The maximum atomic E-state index is 11.5. The number of fused-ring (bicyclic) bond motifs is 2. The van der Waals surface area contributed by atoms with Crippen molar-refractivity contribution in [2.75, 3.05) is 62.2 Å². The van der Waals surface area contributed by atoms with Crippen LogP contribution in [0.1, 0.15) is 31.7 Å². The van der Waals surface area contributed by atoms with E-state index in [1.54, 1.807) is 11.6 Å². The Balaban J connectivity index is 1.06. The first kappa shape index (κ1) is 22.7. The van der Waals surface area contributed by atoms with Gasteiger partial charge in [0, 0.05) is 68.2 Å². The average Bonchev–Trinajstić information content (AvgIpc) is 2.88. The zero-order valence-corrected chi connectivity index (χ0v) is 20.1. The number of nitrogens with zero attached hydrogens (tertiary/aromatic N) is 4. The van der Waals surface area contributed by atoms with Gasteiger partial charge in [-0.25, -0.2) is 0 Å². The van der Waals surface area contributed by atoms with Crippen LogP contribution in [0.15, 0.2) is 47.3 Å². The number of piperazine rings is 1. The topological polar surface area (TPSA) is 64.7 Å². The van der Waals surface area contributed by atoms with Gasteiger partial charge in [-0.2, -0.15) is 4.98 Å². The second kappa shape index (κ2) is 10.5. The van der Waals surface area contributed by atoms with E-state index >= 15 is 0 Å². The predicted molar refractivity (Wildman–Crippen MR) is 138 cm³/mol. The van der Waals surface area contributed by atoms with E-state index in [0.717, 1.165) is 57.5 Å². The van der Waals surface area contributed by atoms with Crippen molar-refractivity contribution in [1.29, 1.82) is 0 Å². The molecular weight excluding hydrogens is 426 g/mol. The zero-order valence-electron chi connectivity index (χ0n) is 20.1. The Morgan fingerprint density at radius 3 is 2.65 bits per heavy atom. The van der Waals surface area contributed by atoms with Crippen molar-refractivity contribution < 1.29 is 4.74 Å². The lowest BCUT2D eigenvalue weighted by Crippen LogP contribution is -2.47. The summed E-state index contributed by atoms with van der Waals surface area (Å²) in [5.41, 5.74) is 4.87. The molecule has 1 aromatic carbocycles. The quantitative estimate of drug-likeness (QED) is 0.517. The third-order valence-corrected chi connectivity index (χ3v) is 7.09. The summed E-state index contributed by atoms with van der Waals surface area (Å²) in [7, 11) is 0. The molecule has 7 heteroatoms. The third-order valence-electron chi connectivity index (χ3n) is 7.09. The Labute approximate surface area is 201 Å². The van der Waals surface area contributed by atoms with Gasteiger partial charge in [-0.15, -0.1) is 0 Å². The molecule has 0 unspecified atom stereocenters. The number of rotatable bonds is 8. The molecule has 0 saturated carbocycles. The molecule has 0 amide bonds. The molecule has 3 aromatic rings. The molecule has 4 heterocycles. The first-order valence-electron chi connectivity index (χ1n) is 12.7. The van der Waals surface area contributed by atoms with E-state index in [1.807, 2.05) is 12.1 Å². The molecule has 5 rings (SSSR count). The largest absolute Gasteiger partial charge is 0.478 e. The standard InChI is InChI=1S/C27H35N5O2/c1-2-31-15-6-7-22-23(31)8-5-9-24(22)32-18-16-30(17-19-32)14-3-4-20-34-26-13-11-21-10-12-25(33)28-27(21)29-26/h5,8-13H,2-4,6-7,14-20H2,1H3,(H,28,29,33). The number of benzene rings is 1. The lowest BCUT2D eigenvalue weighted by Gasteiger charge is -2.39. The van der Waals surface area contributed by atoms with Crippen LogP contribution in [-0.4, -0.2) is 67.3 Å². The van der Waals surface area contributed by atoms with E-state index in [1.165, 1.54) is 36.8 Å². The maximum Gasteiger partial charge on any atom is 0.249 e. The van der Waals surface area contributed by atoms with E-state index in [9.17, 15) is 4.79 Å². The lowest BCUT2D eigenvalue weighted by atomic mass is 9.98. The van der Waals surface area contributed by atoms with E-state index in [0.29, 0.717) is 18.1 Å². The Morgan fingerprint density at radius 1 is 0.971 bits per heavy atom. The van der Waals surface area contributed by atoms with Gasteiger partial charge in [-0.3, -0.25) is 9.69 Å². The molecule has 180 valence electrons. The highest BCUT2D eigenvalue weighted by molar-refractivity contribution is 5.74. The van der Waals surface area contributed by atoms with Gasteiger partial charge in [-0.05, 0) is 69.0 Å². The van der Waals surface area contributed by atoms with Crippen molar-refractivity contribution in [1.82, 2.24) is 14.9 Å². The van der Waals surface area contributed by atoms with Gasteiger partial charge in [0.25, 0.3) is 0 Å². The molecule has 0 atom stereocenters. The molecule has 7 nitrogen and oxygen atoms in total. The fourth-order valence-corrected chi connectivity index (χ4v) is 5.22. The fourth-order valence-electron chi connectivity index (χ4n) is 5.22. The van der Waals surface area contributed by atoms with Crippen molar-refractivity contribution >= 4 is 22.4 Å². The summed E-state index contributed by atoms with van der Waals surface area (Å²) in [6.45, 7) is 10.7. The molecule has 2 aliphatic heterocycles. The molecule has 0 radical (unpaired) electrons. The van der Waals surface area contributed by atoms with Gasteiger partial charge < -0.3 is 19.5 Å². The Hall–Kier alpha value is -3.06. The van der Waals surface area contributed by atoms with Crippen LogP contribution < -0.4 is 20.1 Å². The van der Waals surface area contributed by atoms with Crippen LogP contribution in [0, 0.1) is 0 Å². The number of hydrogen-bond acceptors (Lipinski definition) is 6. The molecule has 1 N–H and O–H groups in total. The molecule has 34 heavy (non-hydrogen) atoms. The number of ether oxygens (including phenoxy) is 1. The van der Waals surface area contributed by atoms with Crippen molar-refractivity contribution in [3.05, 3.63) is 58.4 Å². The van der Waals surface area contributed by atoms with Crippen molar-refractivity contribution in [3.8, 4) is 5.88 Å². The van der Waals surface area contributed by atoms with Gasteiger partial charge >= 0.3 is 0 Å². The number of pyridine rings is 2. The third kappa shape index (κ3) is 5.04. The van der Waals surface area contributed by atoms with Gasteiger partial charge in [0.2, 0.25) is 11.4 Å². The van der Waals surface area contributed by atoms with E-state index in [4.69, 9.17) is 4.74 Å². The van der Waals surface area contributed by atoms with Crippen molar-refractivity contribution in [3.63, 3.8) is 0 Å². The molecule has 0 spiro atoms. The Kier molecular flexibility index (Phi) is 7.00. The smallest absolute Gasteiger partial charge is 0.249 e. The molecule has 1 fully saturated rings. The Bertz CT molecular complexity index is 1170. The number of unbranched alkanes of at least 4 members (excludes halogenated alkanes) is 1. The summed E-state index contributed by atoms with van der Waals surface area (Å²) in [6.07, 6.45) is 4.55. The molecule has 0 aliphatic carbocycles.